The van der Waals surface area contributed by atoms with E-state index in [1.807, 2.05) is 0 Å². The largest absolute Gasteiger partial charge is 0.308 e. The molecule has 0 spiro atoms. The summed E-state index contributed by atoms with van der Waals surface area (Å²) < 4.78 is 0. The average molecular weight is 264 g/mol. The Labute approximate surface area is 120 Å². The zero-order valence-electron chi connectivity index (χ0n) is 13.5. The molecular weight excluding hydrogens is 232 g/mol. The number of hydrogen-bond donors (Lipinski definition) is 1. The summed E-state index contributed by atoms with van der Waals surface area (Å²) in [5.41, 5.74) is 0.258. The van der Waals surface area contributed by atoms with Gasteiger partial charge in [0.1, 0.15) is 0 Å². The standard InChI is InChI=1S/C17H32N2/c1-7-11-15(8-2)19-13-17(9-3,10-4)18-12-16(19)14(5)6/h2,14-16,18H,7,9-13H2,1,3-6H3. The van der Waals surface area contributed by atoms with Crippen molar-refractivity contribution < 1.29 is 0 Å². The van der Waals surface area contributed by atoms with E-state index >= 15 is 0 Å². The number of nitrogens with zero attached hydrogens (tertiary/aromatic N) is 1. The third-order valence-corrected chi connectivity index (χ3v) is 4.88. The Hall–Kier alpha value is -0.520. The van der Waals surface area contributed by atoms with Gasteiger partial charge < -0.3 is 5.32 Å². The van der Waals surface area contributed by atoms with E-state index in [0.717, 1.165) is 25.9 Å². The molecule has 1 heterocycles. The van der Waals surface area contributed by atoms with Crippen LogP contribution >= 0.6 is 0 Å². The Morgan fingerprint density at radius 1 is 1.32 bits per heavy atom. The number of hydrogen-bond acceptors (Lipinski definition) is 2. The molecule has 0 aromatic heterocycles. The first-order valence-corrected chi connectivity index (χ1v) is 8.00. The zero-order chi connectivity index (χ0) is 14.5. The summed E-state index contributed by atoms with van der Waals surface area (Å²) in [4.78, 5) is 2.61. The first kappa shape index (κ1) is 16.5. The minimum absolute atomic E-state index is 0.258. The molecule has 0 aromatic carbocycles. The summed E-state index contributed by atoms with van der Waals surface area (Å²) in [6, 6.07) is 0.871. The molecule has 1 aliphatic rings. The fourth-order valence-corrected chi connectivity index (χ4v) is 3.26. The van der Waals surface area contributed by atoms with Crippen LogP contribution in [0, 0.1) is 18.3 Å². The van der Waals surface area contributed by atoms with Gasteiger partial charge in [-0.05, 0) is 25.2 Å². The summed E-state index contributed by atoms with van der Waals surface area (Å²) in [6.45, 7) is 13.6. The van der Waals surface area contributed by atoms with E-state index in [0.29, 0.717) is 18.0 Å². The Balaban J connectivity index is 2.93. The quantitative estimate of drug-likeness (QED) is 0.741. The molecule has 1 aliphatic heterocycles. The second-order valence-corrected chi connectivity index (χ2v) is 6.32. The summed E-state index contributed by atoms with van der Waals surface area (Å²) in [6.07, 6.45) is 10.4. The van der Waals surface area contributed by atoms with E-state index in [9.17, 15) is 0 Å². The van der Waals surface area contributed by atoms with Crippen molar-refractivity contribution >= 4 is 0 Å². The van der Waals surface area contributed by atoms with Crippen LogP contribution in [-0.2, 0) is 0 Å². The smallest absolute Gasteiger partial charge is 0.0715 e. The lowest BCUT2D eigenvalue weighted by molar-refractivity contribution is 0.0306. The Morgan fingerprint density at radius 2 is 1.95 bits per heavy atom. The molecule has 0 amide bonds. The Kier molecular flexibility index (Phi) is 6.36. The fourth-order valence-electron chi connectivity index (χ4n) is 3.26. The first-order valence-electron chi connectivity index (χ1n) is 8.00. The minimum atomic E-state index is 0.258. The van der Waals surface area contributed by atoms with Crippen molar-refractivity contribution in [1.82, 2.24) is 10.2 Å². The SMILES string of the molecule is C#CC(CCC)N1CC(CC)(CC)NCC1C(C)C. The van der Waals surface area contributed by atoms with Gasteiger partial charge in [-0.3, -0.25) is 4.90 Å². The third kappa shape index (κ3) is 3.74. The van der Waals surface area contributed by atoms with Crippen molar-refractivity contribution in [3.63, 3.8) is 0 Å². The van der Waals surface area contributed by atoms with Crippen molar-refractivity contribution in [2.45, 2.75) is 77.9 Å². The lowest BCUT2D eigenvalue weighted by Gasteiger charge is -2.50. The Morgan fingerprint density at radius 3 is 2.37 bits per heavy atom. The number of rotatable bonds is 6. The molecule has 1 N–H and O–H groups in total. The highest BCUT2D eigenvalue weighted by atomic mass is 15.3. The first-order chi connectivity index (χ1) is 9.03. The topological polar surface area (TPSA) is 15.3 Å². The van der Waals surface area contributed by atoms with Gasteiger partial charge in [0.25, 0.3) is 0 Å². The maximum Gasteiger partial charge on any atom is 0.0715 e. The molecule has 2 unspecified atom stereocenters. The van der Waals surface area contributed by atoms with Crippen LogP contribution in [0.15, 0.2) is 0 Å². The van der Waals surface area contributed by atoms with Crippen molar-refractivity contribution in [1.29, 1.82) is 0 Å². The second-order valence-electron chi connectivity index (χ2n) is 6.32. The zero-order valence-corrected chi connectivity index (χ0v) is 13.5. The van der Waals surface area contributed by atoms with Gasteiger partial charge in [-0.1, -0.05) is 47.0 Å². The van der Waals surface area contributed by atoms with E-state index in [-0.39, 0.29) is 5.54 Å². The van der Waals surface area contributed by atoms with Crippen LogP contribution < -0.4 is 5.32 Å². The number of piperazine rings is 1. The van der Waals surface area contributed by atoms with Gasteiger partial charge in [0.2, 0.25) is 0 Å². The van der Waals surface area contributed by atoms with Gasteiger partial charge in [0, 0.05) is 24.7 Å². The summed E-state index contributed by atoms with van der Waals surface area (Å²) in [7, 11) is 0. The van der Waals surface area contributed by atoms with E-state index in [4.69, 9.17) is 6.42 Å². The van der Waals surface area contributed by atoms with Crippen molar-refractivity contribution in [3.05, 3.63) is 0 Å². The van der Waals surface area contributed by atoms with Gasteiger partial charge in [-0.25, -0.2) is 0 Å². The predicted octanol–water partition coefficient (Wildman–Crippen LogP) is 3.28. The monoisotopic (exact) mass is 264 g/mol. The number of nitrogens with one attached hydrogen (secondary N) is 1. The van der Waals surface area contributed by atoms with Crippen molar-refractivity contribution in [2.75, 3.05) is 13.1 Å². The van der Waals surface area contributed by atoms with Crippen molar-refractivity contribution in [2.24, 2.45) is 5.92 Å². The lowest BCUT2D eigenvalue weighted by atomic mass is 9.85. The molecule has 1 rings (SSSR count). The van der Waals surface area contributed by atoms with Gasteiger partial charge in [0.15, 0.2) is 0 Å². The van der Waals surface area contributed by atoms with Crippen LogP contribution in [0.1, 0.15) is 60.3 Å². The molecule has 0 aromatic rings. The fraction of sp³-hybridized carbons (Fsp3) is 0.882. The molecule has 1 fully saturated rings. The molecular formula is C17H32N2. The molecule has 19 heavy (non-hydrogen) atoms. The summed E-state index contributed by atoms with van der Waals surface area (Å²) in [5, 5.41) is 3.80. The molecule has 1 saturated heterocycles. The van der Waals surface area contributed by atoms with Gasteiger partial charge in [-0.2, -0.15) is 0 Å². The number of terminal acetylenes is 1. The van der Waals surface area contributed by atoms with E-state index in [1.54, 1.807) is 0 Å². The van der Waals surface area contributed by atoms with Crippen molar-refractivity contribution in [3.8, 4) is 12.3 Å². The molecule has 0 radical (unpaired) electrons. The van der Waals surface area contributed by atoms with Gasteiger partial charge >= 0.3 is 0 Å². The van der Waals surface area contributed by atoms with E-state index in [1.165, 1.54) is 12.8 Å². The third-order valence-electron chi connectivity index (χ3n) is 4.88. The minimum Gasteiger partial charge on any atom is -0.308 e. The highest BCUT2D eigenvalue weighted by Gasteiger charge is 2.39. The van der Waals surface area contributed by atoms with Crippen LogP contribution in [0.25, 0.3) is 0 Å². The van der Waals surface area contributed by atoms with Crippen LogP contribution in [0.5, 0.6) is 0 Å². The highest BCUT2D eigenvalue weighted by Crippen LogP contribution is 2.28. The molecule has 0 saturated carbocycles. The van der Waals surface area contributed by atoms with E-state index in [2.05, 4.69) is 50.8 Å². The normalized spacial score (nSPS) is 25.2. The summed E-state index contributed by atoms with van der Waals surface area (Å²) in [5.74, 6) is 3.69. The average Bonchev–Trinajstić information content (AvgIpc) is 2.43. The van der Waals surface area contributed by atoms with Gasteiger partial charge in [-0.15, -0.1) is 6.42 Å². The molecule has 2 nitrogen and oxygen atoms in total. The van der Waals surface area contributed by atoms with Crippen LogP contribution in [-0.4, -0.2) is 35.6 Å². The van der Waals surface area contributed by atoms with Crippen LogP contribution in [0.2, 0.25) is 0 Å². The highest BCUT2D eigenvalue weighted by molar-refractivity contribution is 5.07. The molecule has 2 atom stereocenters. The molecule has 0 aliphatic carbocycles. The molecule has 2 heteroatoms. The lowest BCUT2D eigenvalue weighted by Crippen LogP contribution is -2.66. The maximum absolute atomic E-state index is 5.81. The van der Waals surface area contributed by atoms with Gasteiger partial charge in [0.05, 0.1) is 6.04 Å². The molecule has 110 valence electrons. The molecule has 0 bridgehead atoms. The summed E-state index contributed by atoms with van der Waals surface area (Å²) >= 11 is 0. The van der Waals surface area contributed by atoms with E-state index < -0.39 is 0 Å². The van der Waals surface area contributed by atoms with Crippen LogP contribution in [0.3, 0.4) is 0 Å². The van der Waals surface area contributed by atoms with Crippen LogP contribution in [0.4, 0.5) is 0 Å². The second kappa shape index (κ2) is 7.31. The Bertz CT molecular complexity index is 299. The predicted molar refractivity (Wildman–Crippen MR) is 84.2 cm³/mol. The maximum atomic E-state index is 5.81.